The van der Waals surface area contributed by atoms with Crippen molar-refractivity contribution >= 4 is 39.7 Å². The maximum absolute atomic E-state index is 11.6. The average Bonchev–Trinajstić information content (AvgIpc) is 2.94. The van der Waals surface area contributed by atoms with E-state index in [-0.39, 0.29) is 24.4 Å². The maximum atomic E-state index is 11.6. The molecule has 11 nitrogen and oxygen atoms in total. The van der Waals surface area contributed by atoms with Crippen LogP contribution < -0.4 is 0 Å². The smallest absolute Gasteiger partial charge is 0.330 e. The minimum Gasteiger partial charge on any atom is -0.330 e. The Bertz CT molecular complexity index is 736. The number of carbonyl (C=O) groups is 5. The molecule has 0 aromatic rings. The van der Waals surface area contributed by atoms with Crippen molar-refractivity contribution in [3.8, 4) is 0 Å². The Balaban J connectivity index is 1.84. The number of rotatable bonds is 6. The highest BCUT2D eigenvalue weighted by molar-refractivity contribution is 7.87. The molecule has 2 heterocycles. The lowest BCUT2D eigenvalue weighted by molar-refractivity contribution is -0.197. The van der Waals surface area contributed by atoms with Crippen molar-refractivity contribution in [3.63, 3.8) is 0 Å². The summed E-state index contributed by atoms with van der Waals surface area (Å²) in [4.78, 5) is 62.7. The molecule has 2 rings (SSSR count). The summed E-state index contributed by atoms with van der Waals surface area (Å²) in [5, 5.41) is -2.00. The number of carbonyl (C=O) groups excluding carboxylic acids is 5. The molecule has 0 saturated carbocycles. The molecule has 0 aliphatic carbocycles. The first-order valence-corrected chi connectivity index (χ1v) is 8.19. The van der Waals surface area contributed by atoms with Gasteiger partial charge in [0, 0.05) is 25.1 Å². The molecule has 4 amide bonds. The summed E-state index contributed by atoms with van der Waals surface area (Å²) in [5.41, 5.74) is 0. The van der Waals surface area contributed by atoms with Crippen LogP contribution in [0, 0.1) is 0 Å². The van der Waals surface area contributed by atoms with Crippen molar-refractivity contribution in [2.24, 2.45) is 0 Å². The van der Waals surface area contributed by atoms with Crippen molar-refractivity contribution in [1.82, 2.24) is 9.96 Å². The maximum Gasteiger partial charge on any atom is 0.333 e. The highest BCUT2D eigenvalue weighted by Gasteiger charge is 2.48. The van der Waals surface area contributed by atoms with Crippen LogP contribution in [0.3, 0.4) is 0 Å². The Kier molecular flexibility index (Phi) is 4.80. The van der Waals surface area contributed by atoms with Crippen LogP contribution in [0.4, 0.5) is 0 Å². The Morgan fingerprint density at radius 1 is 1.21 bits per heavy atom. The zero-order valence-electron chi connectivity index (χ0n) is 12.1. The highest BCUT2D eigenvalue weighted by Crippen LogP contribution is 2.20. The van der Waals surface area contributed by atoms with Crippen molar-refractivity contribution in [3.05, 3.63) is 12.2 Å². The molecule has 1 N–H and O–H groups in total. The van der Waals surface area contributed by atoms with E-state index in [2.05, 4.69) is 4.84 Å². The molecular weight excluding hydrogens is 348 g/mol. The Hall–Kier alpha value is -2.60. The lowest BCUT2D eigenvalue weighted by Gasteiger charge is -2.15. The quantitative estimate of drug-likeness (QED) is 0.425. The van der Waals surface area contributed by atoms with E-state index < -0.39 is 51.4 Å². The van der Waals surface area contributed by atoms with Crippen LogP contribution in [-0.4, -0.2) is 64.3 Å². The third kappa shape index (κ3) is 3.65. The second-order valence-corrected chi connectivity index (χ2v) is 6.56. The van der Waals surface area contributed by atoms with E-state index >= 15 is 0 Å². The molecule has 0 bridgehead atoms. The molecular formula is C12H12N2O9S. The molecule has 0 spiro atoms. The van der Waals surface area contributed by atoms with Crippen LogP contribution in [-0.2, 0) is 38.9 Å². The van der Waals surface area contributed by atoms with Crippen LogP contribution in [0.5, 0.6) is 0 Å². The number of hydrogen-bond donors (Lipinski definition) is 1. The molecule has 1 saturated heterocycles. The lowest BCUT2D eigenvalue weighted by Crippen LogP contribution is -2.37. The van der Waals surface area contributed by atoms with Crippen molar-refractivity contribution < 1.29 is 41.8 Å². The first-order chi connectivity index (χ1) is 11.1. The van der Waals surface area contributed by atoms with Gasteiger partial charge in [-0.15, -0.1) is 5.06 Å². The fraction of sp³-hybridized carbons (Fsp3) is 0.417. The summed E-state index contributed by atoms with van der Waals surface area (Å²) >= 11 is 0. The molecule has 0 unspecified atom stereocenters. The fourth-order valence-electron chi connectivity index (χ4n) is 2.09. The number of hydroxylamine groups is 2. The van der Waals surface area contributed by atoms with E-state index in [1.807, 2.05) is 0 Å². The molecule has 12 heteroatoms. The van der Waals surface area contributed by atoms with Crippen molar-refractivity contribution in [2.45, 2.75) is 24.5 Å². The third-order valence-electron chi connectivity index (χ3n) is 3.28. The van der Waals surface area contributed by atoms with E-state index in [0.717, 1.165) is 17.1 Å². The van der Waals surface area contributed by atoms with Gasteiger partial charge in [-0.25, -0.2) is 4.79 Å². The third-order valence-corrected chi connectivity index (χ3v) is 4.37. The standard InChI is InChI=1S/C12H12N2O9S/c15-8-3-4-9(16)13(8)5-1-2-11(18)23-14-10(17)6-7(12(14)19)24(20,21)22/h3-4,7H,1-2,5-6H2,(H,20,21,22)/t7-/m1/s1. The monoisotopic (exact) mass is 360 g/mol. The van der Waals surface area contributed by atoms with E-state index in [1.54, 1.807) is 0 Å². The second-order valence-electron chi connectivity index (χ2n) is 4.96. The SMILES string of the molecule is O=C(CCCN1C(=O)C=CC1=O)ON1C(=O)C[C@@H](S(=O)(=O)O)C1=O. The van der Waals surface area contributed by atoms with Crippen molar-refractivity contribution in [1.29, 1.82) is 0 Å². The van der Waals surface area contributed by atoms with Crippen molar-refractivity contribution in [2.75, 3.05) is 6.54 Å². The molecule has 0 radical (unpaired) electrons. The largest absolute Gasteiger partial charge is 0.333 e. The summed E-state index contributed by atoms with van der Waals surface area (Å²) in [7, 11) is -4.79. The van der Waals surface area contributed by atoms with Gasteiger partial charge in [-0.2, -0.15) is 8.42 Å². The van der Waals surface area contributed by atoms with E-state index in [9.17, 15) is 32.4 Å². The number of hydrogen-bond acceptors (Lipinski definition) is 8. The number of nitrogens with zero attached hydrogens (tertiary/aromatic N) is 2. The molecule has 0 aromatic heterocycles. The fourth-order valence-corrected chi connectivity index (χ4v) is 2.80. The van der Waals surface area contributed by atoms with Crippen LogP contribution in [0.25, 0.3) is 0 Å². The molecule has 24 heavy (non-hydrogen) atoms. The van der Waals surface area contributed by atoms with Gasteiger partial charge < -0.3 is 4.84 Å². The summed E-state index contributed by atoms with van der Waals surface area (Å²) in [6, 6.07) is 0. The van der Waals surface area contributed by atoms with Gasteiger partial charge in [-0.05, 0) is 6.42 Å². The van der Waals surface area contributed by atoms with Gasteiger partial charge in [0.15, 0.2) is 5.25 Å². The van der Waals surface area contributed by atoms with Crippen LogP contribution >= 0.6 is 0 Å². The molecule has 130 valence electrons. The minimum atomic E-state index is -4.79. The molecule has 2 aliphatic heterocycles. The highest BCUT2D eigenvalue weighted by atomic mass is 32.2. The Morgan fingerprint density at radius 2 is 1.79 bits per heavy atom. The summed E-state index contributed by atoms with van der Waals surface area (Å²) < 4.78 is 30.7. The number of imide groups is 2. The molecule has 2 aliphatic rings. The first-order valence-electron chi connectivity index (χ1n) is 6.68. The van der Waals surface area contributed by atoms with Gasteiger partial charge >= 0.3 is 5.97 Å². The second kappa shape index (κ2) is 6.49. The van der Waals surface area contributed by atoms with Gasteiger partial charge in [0.05, 0.1) is 6.42 Å². The predicted octanol–water partition coefficient (Wildman–Crippen LogP) is -1.83. The van der Waals surface area contributed by atoms with E-state index in [4.69, 9.17) is 4.55 Å². The van der Waals surface area contributed by atoms with Gasteiger partial charge in [0.25, 0.3) is 33.7 Å². The normalized spacial score (nSPS) is 21.1. The molecule has 1 atom stereocenters. The van der Waals surface area contributed by atoms with E-state index in [0.29, 0.717) is 0 Å². The minimum absolute atomic E-state index is 0.00547. The van der Waals surface area contributed by atoms with Crippen LogP contribution in [0.15, 0.2) is 12.2 Å². The summed E-state index contributed by atoms with van der Waals surface area (Å²) in [6.45, 7) is -0.0602. The number of amides is 4. The molecule has 0 aromatic carbocycles. The van der Waals surface area contributed by atoms with Crippen LogP contribution in [0.2, 0.25) is 0 Å². The summed E-state index contributed by atoms with van der Waals surface area (Å²) in [5.74, 6) is -4.50. The zero-order chi connectivity index (χ0) is 18.1. The molecule has 1 fully saturated rings. The lowest BCUT2D eigenvalue weighted by atomic mass is 10.3. The Labute approximate surface area is 135 Å². The van der Waals surface area contributed by atoms with Gasteiger partial charge in [0.1, 0.15) is 0 Å². The topological polar surface area (TPSA) is 155 Å². The zero-order valence-corrected chi connectivity index (χ0v) is 12.9. The van der Waals surface area contributed by atoms with Gasteiger partial charge in [0.2, 0.25) is 0 Å². The Morgan fingerprint density at radius 3 is 2.29 bits per heavy atom. The predicted molar refractivity (Wildman–Crippen MR) is 73.0 cm³/mol. The van der Waals surface area contributed by atoms with Gasteiger partial charge in [-0.3, -0.25) is 28.6 Å². The summed E-state index contributed by atoms with van der Waals surface area (Å²) in [6.07, 6.45) is 1.03. The van der Waals surface area contributed by atoms with Gasteiger partial charge in [-0.1, -0.05) is 0 Å². The van der Waals surface area contributed by atoms with Crippen LogP contribution in [0.1, 0.15) is 19.3 Å². The first kappa shape index (κ1) is 17.7. The van der Waals surface area contributed by atoms with E-state index in [1.165, 1.54) is 0 Å². The average molecular weight is 360 g/mol.